The van der Waals surface area contributed by atoms with Crippen molar-refractivity contribution in [2.24, 2.45) is 0 Å². The molecule has 0 aliphatic carbocycles. The van der Waals surface area contributed by atoms with E-state index in [-0.39, 0.29) is 6.10 Å². The lowest BCUT2D eigenvalue weighted by molar-refractivity contribution is 0.214. The highest BCUT2D eigenvalue weighted by atomic mass is 16.5. The zero-order chi connectivity index (χ0) is 9.10. The van der Waals surface area contributed by atoms with Gasteiger partial charge < -0.3 is 15.8 Å². The molecule has 0 amide bonds. The number of nitrogens with zero attached hydrogens (tertiary/aromatic N) is 2. The summed E-state index contributed by atoms with van der Waals surface area (Å²) in [6, 6.07) is 1.64. The van der Waals surface area contributed by atoms with E-state index < -0.39 is 0 Å². The quantitative estimate of drug-likeness (QED) is 0.659. The summed E-state index contributed by atoms with van der Waals surface area (Å²) in [5.74, 6) is 0.997. The van der Waals surface area contributed by atoms with Crippen molar-refractivity contribution in [3.63, 3.8) is 0 Å². The molecule has 1 fully saturated rings. The topological polar surface area (TPSA) is 73.1 Å². The summed E-state index contributed by atoms with van der Waals surface area (Å²) in [4.78, 5) is 7.75. The Labute approximate surface area is 76.3 Å². The zero-order valence-corrected chi connectivity index (χ0v) is 7.23. The first-order chi connectivity index (χ1) is 6.34. The summed E-state index contributed by atoms with van der Waals surface area (Å²) in [6.45, 7) is 1.88. The van der Waals surface area contributed by atoms with Gasteiger partial charge in [0.15, 0.2) is 0 Å². The second-order valence-corrected chi connectivity index (χ2v) is 3.01. The van der Waals surface area contributed by atoms with E-state index in [0.29, 0.717) is 11.7 Å². The summed E-state index contributed by atoms with van der Waals surface area (Å²) in [5.41, 5.74) is 5.49. The van der Waals surface area contributed by atoms with Crippen LogP contribution < -0.4 is 15.8 Å². The van der Waals surface area contributed by atoms with E-state index in [1.807, 2.05) is 0 Å². The maximum Gasteiger partial charge on any atom is 0.218 e. The van der Waals surface area contributed by atoms with E-state index in [2.05, 4.69) is 15.3 Å². The molecule has 5 nitrogen and oxygen atoms in total. The molecule has 0 radical (unpaired) electrons. The van der Waals surface area contributed by atoms with Crippen LogP contribution in [0.4, 0.5) is 5.82 Å². The second-order valence-electron chi connectivity index (χ2n) is 3.01. The highest BCUT2D eigenvalue weighted by Gasteiger charge is 2.16. The van der Waals surface area contributed by atoms with Gasteiger partial charge in [-0.2, -0.15) is 0 Å². The molecule has 2 heterocycles. The fraction of sp³-hybridized carbons (Fsp3) is 0.500. The van der Waals surface area contributed by atoms with Crippen LogP contribution >= 0.6 is 0 Å². The Kier molecular flexibility index (Phi) is 2.27. The van der Waals surface area contributed by atoms with E-state index in [0.717, 1.165) is 19.5 Å². The predicted octanol–water partition coefficient (Wildman–Crippen LogP) is -0.201. The average Bonchev–Trinajstić information content (AvgIpc) is 2.57. The van der Waals surface area contributed by atoms with Gasteiger partial charge in [0.2, 0.25) is 5.88 Å². The van der Waals surface area contributed by atoms with Crippen molar-refractivity contribution in [2.45, 2.75) is 12.5 Å². The fourth-order valence-corrected chi connectivity index (χ4v) is 1.32. The van der Waals surface area contributed by atoms with Crippen molar-refractivity contribution in [2.75, 3.05) is 18.8 Å². The molecule has 0 bridgehead atoms. The number of rotatable bonds is 2. The van der Waals surface area contributed by atoms with Crippen LogP contribution in [-0.4, -0.2) is 29.2 Å². The molecular formula is C8H12N4O. The molecule has 70 valence electrons. The van der Waals surface area contributed by atoms with Crippen molar-refractivity contribution in [3.05, 3.63) is 12.4 Å². The van der Waals surface area contributed by atoms with Crippen LogP contribution in [0.15, 0.2) is 12.4 Å². The van der Waals surface area contributed by atoms with Gasteiger partial charge in [-0.25, -0.2) is 9.97 Å². The first-order valence-electron chi connectivity index (χ1n) is 4.29. The Bertz CT molecular complexity index is 285. The second kappa shape index (κ2) is 3.57. The minimum atomic E-state index is 0.217. The van der Waals surface area contributed by atoms with Crippen LogP contribution in [0.2, 0.25) is 0 Å². The van der Waals surface area contributed by atoms with Gasteiger partial charge in [-0.3, -0.25) is 0 Å². The highest BCUT2D eigenvalue weighted by Crippen LogP contribution is 2.12. The molecule has 1 aromatic rings. The molecule has 2 rings (SSSR count). The number of nitrogen functional groups attached to an aromatic ring is 1. The van der Waals surface area contributed by atoms with Crippen molar-refractivity contribution >= 4 is 5.82 Å². The van der Waals surface area contributed by atoms with Gasteiger partial charge in [-0.05, 0) is 13.0 Å². The number of hydrogen-bond donors (Lipinski definition) is 2. The lowest BCUT2D eigenvalue weighted by Gasteiger charge is -2.10. The SMILES string of the molecule is Nc1cc(OC2CCNC2)ncn1. The third-order valence-electron chi connectivity index (χ3n) is 1.97. The average molecular weight is 180 g/mol. The summed E-state index contributed by atoms with van der Waals surface area (Å²) in [6.07, 6.45) is 2.64. The van der Waals surface area contributed by atoms with E-state index >= 15 is 0 Å². The molecule has 1 aliphatic rings. The lowest BCUT2D eigenvalue weighted by atomic mass is 10.3. The molecule has 0 spiro atoms. The Morgan fingerprint density at radius 1 is 1.54 bits per heavy atom. The minimum Gasteiger partial charge on any atom is -0.473 e. The van der Waals surface area contributed by atoms with Crippen LogP contribution in [0.3, 0.4) is 0 Å². The van der Waals surface area contributed by atoms with Crippen LogP contribution in [0, 0.1) is 0 Å². The van der Waals surface area contributed by atoms with Crippen molar-refractivity contribution in [1.29, 1.82) is 0 Å². The third-order valence-corrected chi connectivity index (χ3v) is 1.97. The molecule has 5 heteroatoms. The van der Waals surface area contributed by atoms with Gasteiger partial charge in [0, 0.05) is 12.6 Å². The number of ether oxygens (including phenoxy) is 1. The maximum absolute atomic E-state index is 5.56. The van der Waals surface area contributed by atoms with Crippen LogP contribution in [-0.2, 0) is 0 Å². The molecule has 1 aromatic heterocycles. The van der Waals surface area contributed by atoms with E-state index in [1.54, 1.807) is 6.07 Å². The number of nitrogens with one attached hydrogen (secondary N) is 1. The molecule has 0 aromatic carbocycles. The summed E-state index contributed by atoms with van der Waals surface area (Å²) < 4.78 is 5.56. The van der Waals surface area contributed by atoms with Crippen LogP contribution in [0.5, 0.6) is 5.88 Å². The zero-order valence-electron chi connectivity index (χ0n) is 7.23. The maximum atomic E-state index is 5.56. The number of anilines is 1. The van der Waals surface area contributed by atoms with E-state index in [4.69, 9.17) is 10.5 Å². The van der Waals surface area contributed by atoms with Gasteiger partial charge >= 0.3 is 0 Å². The summed E-state index contributed by atoms with van der Waals surface area (Å²) in [7, 11) is 0. The Balaban J connectivity index is 2.00. The summed E-state index contributed by atoms with van der Waals surface area (Å²) in [5, 5.41) is 3.21. The van der Waals surface area contributed by atoms with Crippen molar-refractivity contribution < 1.29 is 4.74 Å². The molecule has 3 N–H and O–H groups in total. The lowest BCUT2D eigenvalue weighted by Crippen LogP contribution is -2.20. The molecule has 1 aliphatic heterocycles. The smallest absolute Gasteiger partial charge is 0.218 e. The number of hydrogen-bond acceptors (Lipinski definition) is 5. The largest absolute Gasteiger partial charge is 0.473 e. The number of nitrogens with two attached hydrogens (primary N) is 1. The molecule has 1 saturated heterocycles. The minimum absolute atomic E-state index is 0.217. The predicted molar refractivity (Wildman–Crippen MR) is 48.3 cm³/mol. The van der Waals surface area contributed by atoms with Crippen molar-refractivity contribution in [3.8, 4) is 5.88 Å². The first kappa shape index (κ1) is 8.25. The van der Waals surface area contributed by atoms with Gasteiger partial charge in [0.25, 0.3) is 0 Å². The number of aromatic nitrogens is 2. The molecule has 0 saturated carbocycles. The van der Waals surface area contributed by atoms with Gasteiger partial charge in [-0.15, -0.1) is 0 Å². The first-order valence-corrected chi connectivity index (χ1v) is 4.29. The monoisotopic (exact) mass is 180 g/mol. The fourth-order valence-electron chi connectivity index (χ4n) is 1.32. The van der Waals surface area contributed by atoms with E-state index in [1.165, 1.54) is 6.33 Å². The van der Waals surface area contributed by atoms with Crippen LogP contribution in [0.25, 0.3) is 0 Å². The van der Waals surface area contributed by atoms with Gasteiger partial charge in [-0.1, -0.05) is 0 Å². The van der Waals surface area contributed by atoms with Gasteiger partial charge in [0.05, 0.1) is 0 Å². The summed E-state index contributed by atoms with van der Waals surface area (Å²) >= 11 is 0. The normalized spacial score (nSPS) is 21.7. The molecule has 1 atom stereocenters. The Hall–Kier alpha value is -1.36. The van der Waals surface area contributed by atoms with E-state index in [9.17, 15) is 0 Å². The highest BCUT2D eigenvalue weighted by molar-refractivity contribution is 5.30. The van der Waals surface area contributed by atoms with Crippen molar-refractivity contribution in [1.82, 2.24) is 15.3 Å². The standard InChI is InChI=1S/C8H12N4O/c9-7-3-8(12-5-11-7)13-6-1-2-10-4-6/h3,5-6,10H,1-2,4H2,(H2,9,11,12). The molecular weight excluding hydrogens is 168 g/mol. The van der Waals surface area contributed by atoms with Gasteiger partial charge in [0.1, 0.15) is 18.2 Å². The molecule has 1 unspecified atom stereocenters. The Morgan fingerprint density at radius 2 is 2.46 bits per heavy atom. The van der Waals surface area contributed by atoms with Crippen LogP contribution in [0.1, 0.15) is 6.42 Å². The third kappa shape index (κ3) is 2.06. The molecule has 13 heavy (non-hydrogen) atoms. The Morgan fingerprint density at radius 3 is 3.15 bits per heavy atom.